The van der Waals surface area contributed by atoms with Crippen molar-refractivity contribution in [1.82, 2.24) is 4.90 Å². The number of ether oxygens (including phenoxy) is 2. The molecule has 3 aromatic carbocycles. The summed E-state index contributed by atoms with van der Waals surface area (Å²) in [5.74, 6) is 1.50. The van der Waals surface area contributed by atoms with E-state index in [0.29, 0.717) is 6.04 Å². The zero-order valence-electron chi connectivity index (χ0n) is 17.8. The summed E-state index contributed by atoms with van der Waals surface area (Å²) < 4.78 is 10.7. The first kappa shape index (κ1) is 20.3. The van der Waals surface area contributed by atoms with Gasteiger partial charge in [-0.1, -0.05) is 54.6 Å². The molecule has 1 atom stereocenters. The smallest absolute Gasteiger partial charge is 0.162 e. The molecule has 0 fully saturated rings. The van der Waals surface area contributed by atoms with Gasteiger partial charge in [0.15, 0.2) is 11.5 Å². The van der Waals surface area contributed by atoms with Gasteiger partial charge in [0.05, 0.1) is 20.3 Å². The van der Waals surface area contributed by atoms with Crippen LogP contribution in [0.4, 0.5) is 5.69 Å². The van der Waals surface area contributed by atoms with Crippen molar-refractivity contribution >= 4 is 5.69 Å². The van der Waals surface area contributed by atoms with Crippen LogP contribution in [0.1, 0.15) is 29.2 Å². The Labute approximate surface area is 179 Å². The Balaban J connectivity index is 1.41. The van der Waals surface area contributed by atoms with Gasteiger partial charge in [0.25, 0.3) is 0 Å². The Morgan fingerprint density at radius 3 is 2.47 bits per heavy atom. The molecule has 1 unspecified atom stereocenters. The maximum absolute atomic E-state index is 5.40. The molecule has 4 heteroatoms. The molecular weight excluding hydrogens is 372 g/mol. The van der Waals surface area contributed by atoms with E-state index in [1.54, 1.807) is 14.2 Å². The summed E-state index contributed by atoms with van der Waals surface area (Å²) in [6.45, 7) is 3.05. The summed E-state index contributed by atoms with van der Waals surface area (Å²) in [5, 5.41) is 3.52. The molecular formula is C26H30N2O2. The summed E-state index contributed by atoms with van der Waals surface area (Å²) in [7, 11) is 3.32. The SMILES string of the molecule is COc1ccc(NCCCN2CCc3ccccc3C2c2ccccc2)cc1OC. The molecule has 1 aliphatic heterocycles. The second-order valence-corrected chi connectivity index (χ2v) is 7.65. The van der Waals surface area contributed by atoms with Crippen molar-refractivity contribution in [2.75, 3.05) is 39.2 Å². The first-order valence-corrected chi connectivity index (χ1v) is 10.6. The Hall–Kier alpha value is -2.98. The number of hydrogen-bond acceptors (Lipinski definition) is 4. The lowest BCUT2D eigenvalue weighted by Crippen LogP contribution is -2.37. The fourth-order valence-corrected chi connectivity index (χ4v) is 4.35. The van der Waals surface area contributed by atoms with Crippen LogP contribution in [0.25, 0.3) is 0 Å². The van der Waals surface area contributed by atoms with Crippen LogP contribution in [0.3, 0.4) is 0 Å². The Kier molecular flexibility index (Phi) is 6.55. The first-order valence-electron chi connectivity index (χ1n) is 10.6. The van der Waals surface area contributed by atoms with Gasteiger partial charge in [-0.3, -0.25) is 4.90 Å². The molecule has 0 amide bonds. The number of anilines is 1. The average molecular weight is 403 g/mol. The summed E-state index contributed by atoms with van der Waals surface area (Å²) in [6, 6.07) is 26.1. The van der Waals surface area contributed by atoms with Gasteiger partial charge in [0.1, 0.15) is 0 Å². The van der Waals surface area contributed by atoms with Crippen molar-refractivity contribution in [3.05, 3.63) is 89.5 Å². The van der Waals surface area contributed by atoms with Crippen LogP contribution >= 0.6 is 0 Å². The molecule has 30 heavy (non-hydrogen) atoms. The highest BCUT2D eigenvalue weighted by atomic mass is 16.5. The molecule has 156 valence electrons. The lowest BCUT2D eigenvalue weighted by atomic mass is 9.88. The number of fused-ring (bicyclic) bond motifs is 1. The molecule has 0 saturated carbocycles. The van der Waals surface area contributed by atoms with E-state index in [-0.39, 0.29) is 0 Å². The molecule has 4 rings (SSSR count). The first-order chi connectivity index (χ1) is 14.8. The fourth-order valence-electron chi connectivity index (χ4n) is 4.35. The minimum atomic E-state index is 0.331. The molecule has 0 aromatic heterocycles. The van der Waals surface area contributed by atoms with Crippen molar-refractivity contribution in [1.29, 1.82) is 0 Å². The van der Waals surface area contributed by atoms with Gasteiger partial charge in [-0.15, -0.1) is 0 Å². The molecule has 0 aliphatic carbocycles. The second kappa shape index (κ2) is 9.68. The van der Waals surface area contributed by atoms with E-state index >= 15 is 0 Å². The van der Waals surface area contributed by atoms with Gasteiger partial charge >= 0.3 is 0 Å². The third kappa shape index (κ3) is 4.44. The predicted molar refractivity (Wildman–Crippen MR) is 123 cm³/mol. The van der Waals surface area contributed by atoms with E-state index in [0.717, 1.165) is 49.7 Å². The van der Waals surface area contributed by atoms with E-state index in [4.69, 9.17) is 9.47 Å². The third-order valence-electron chi connectivity index (χ3n) is 5.83. The molecule has 0 saturated heterocycles. The largest absolute Gasteiger partial charge is 0.493 e. The van der Waals surface area contributed by atoms with Crippen molar-refractivity contribution in [3.8, 4) is 11.5 Å². The number of nitrogens with one attached hydrogen (secondary N) is 1. The minimum Gasteiger partial charge on any atom is -0.493 e. The zero-order valence-corrected chi connectivity index (χ0v) is 17.8. The zero-order chi connectivity index (χ0) is 20.8. The van der Waals surface area contributed by atoms with Crippen LogP contribution in [0.2, 0.25) is 0 Å². The number of rotatable bonds is 8. The maximum Gasteiger partial charge on any atom is 0.162 e. The molecule has 3 aromatic rings. The number of hydrogen-bond donors (Lipinski definition) is 1. The van der Waals surface area contributed by atoms with Crippen LogP contribution < -0.4 is 14.8 Å². The summed E-state index contributed by atoms with van der Waals surface area (Å²) in [6.07, 6.45) is 2.18. The van der Waals surface area contributed by atoms with Crippen molar-refractivity contribution in [2.45, 2.75) is 18.9 Å². The monoisotopic (exact) mass is 402 g/mol. The van der Waals surface area contributed by atoms with Crippen LogP contribution in [-0.2, 0) is 6.42 Å². The summed E-state index contributed by atoms with van der Waals surface area (Å²) >= 11 is 0. The lowest BCUT2D eigenvalue weighted by molar-refractivity contribution is 0.213. The lowest BCUT2D eigenvalue weighted by Gasteiger charge is -2.38. The quantitative estimate of drug-likeness (QED) is 0.528. The van der Waals surface area contributed by atoms with E-state index in [1.807, 2.05) is 18.2 Å². The topological polar surface area (TPSA) is 33.7 Å². The molecule has 0 radical (unpaired) electrons. The van der Waals surface area contributed by atoms with E-state index in [1.165, 1.54) is 16.7 Å². The highest BCUT2D eigenvalue weighted by Gasteiger charge is 2.27. The van der Waals surface area contributed by atoms with E-state index in [9.17, 15) is 0 Å². The normalized spacial score (nSPS) is 16.0. The van der Waals surface area contributed by atoms with Gasteiger partial charge in [-0.05, 0) is 41.7 Å². The number of benzene rings is 3. The molecule has 1 aliphatic rings. The Bertz CT molecular complexity index is 958. The predicted octanol–water partition coefficient (Wildman–Crippen LogP) is 5.15. The molecule has 0 spiro atoms. The molecule has 1 heterocycles. The highest BCUT2D eigenvalue weighted by molar-refractivity contribution is 5.54. The van der Waals surface area contributed by atoms with Gasteiger partial charge < -0.3 is 14.8 Å². The number of nitrogens with zero attached hydrogens (tertiary/aromatic N) is 1. The van der Waals surface area contributed by atoms with Crippen LogP contribution in [0.15, 0.2) is 72.8 Å². The van der Waals surface area contributed by atoms with E-state index in [2.05, 4.69) is 64.8 Å². The summed E-state index contributed by atoms with van der Waals surface area (Å²) in [5.41, 5.74) is 5.35. The van der Waals surface area contributed by atoms with Crippen molar-refractivity contribution in [3.63, 3.8) is 0 Å². The van der Waals surface area contributed by atoms with Crippen LogP contribution in [0.5, 0.6) is 11.5 Å². The Morgan fingerprint density at radius 1 is 0.900 bits per heavy atom. The second-order valence-electron chi connectivity index (χ2n) is 7.65. The van der Waals surface area contributed by atoms with Crippen LogP contribution in [0, 0.1) is 0 Å². The van der Waals surface area contributed by atoms with Crippen LogP contribution in [-0.4, -0.2) is 38.8 Å². The fraction of sp³-hybridized carbons (Fsp3) is 0.308. The molecule has 0 bridgehead atoms. The third-order valence-corrected chi connectivity index (χ3v) is 5.83. The van der Waals surface area contributed by atoms with Gasteiger partial charge in [-0.25, -0.2) is 0 Å². The molecule has 1 N–H and O–H groups in total. The van der Waals surface area contributed by atoms with E-state index < -0.39 is 0 Å². The van der Waals surface area contributed by atoms with Crippen molar-refractivity contribution < 1.29 is 9.47 Å². The Morgan fingerprint density at radius 2 is 1.67 bits per heavy atom. The maximum atomic E-state index is 5.40. The molecule has 4 nitrogen and oxygen atoms in total. The van der Waals surface area contributed by atoms with Crippen molar-refractivity contribution in [2.24, 2.45) is 0 Å². The highest BCUT2D eigenvalue weighted by Crippen LogP contribution is 2.35. The standard InChI is InChI=1S/C26H30N2O2/c1-29-24-14-13-22(19-25(24)30-2)27-16-8-17-28-18-15-20-9-6-7-12-23(20)26(28)21-10-4-3-5-11-21/h3-7,9-14,19,26-27H,8,15-18H2,1-2H3. The van der Waals surface area contributed by atoms with Gasteiger partial charge in [-0.2, -0.15) is 0 Å². The van der Waals surface area contributed by atoms with Gasteiger partial charge in [0, 0.05) is 31.4 Å². The average Bonchev–Trinajstić information content (AvgIpc) is 2.81. The summed E-state index contributed by atoms with van der Waals surface area (Å²) in [4.78, 5) is 2.62. The van der Waals surface area contributed by atoms with Gasteiger partial charge in [0.2, 0.25) is 0 Å². The minimum absolute atomic E-state index is 0.331. The number of methoxy groups -OCH3 is 2.